The van der Waals surface area contributed by atoms with Crippen LogP contribution in [0.3, 0.4) is 0 Å². The van der Waals surface area contributed by atoms with Gasteiger partial charge in [0.05, 0.1) is 11.1 Å². The Morgan fingerprint density at radius 3 is 2.83 bits per heavy atom. The van der Waals surface area contributed by atoms with Crippen molar-refractivity contribution < 1.29 is 0 Å². The minimum atomic E-state index is 0.00298. The number of nitrogen functional groups attached to an aromatic ring is 1. The minimum Gasteiger partial charge on any atom is -0.368 e. The van der Waals surface area contributed by atoms with Gasteiger partial charge in [-0.3, -0.25) is 4.79 Å². The van der Waals surface area contributed by atoms with Gasteiger partial charge in [0, 0.05) is 24.3 Å². The van der Waals surface area contributed by atoms with Crippen LogP contribution in [0.2, 0.25) is 0 Å². The van der Waals surface area contributed by atoms with E-state index in [9.17, 15) is 4.79 Å². The second-order valence-electron chi connectivity index (χ2n) is 6.11. The monoisotopic (exact) mass is 320 g/mol. The first-order chi connectivity index (χ1) is 11.5. The van der Waals surface area contributed by atoms with Crippen molar-refractivity contribution in [2.45, 2.75) is 27.3 Å². The number of nitrogens with zero attached hydrogens (tertiary/aromatic N) is 3. The summed E-state index contributed by atoms with van der Waals surface area (Å²) in [6.45, 7) is 6.57. The van der Waals surface area contributed by atoms with Gasteiger partial charge in [-0.2, -0.15) is 0 Å². The van der Waals surface area contributed by atoms with E-state index >= 15 is 0 Å². The lowest BCUT2D eigenvalue weighted by Crippen LogP contribution is -2.21. The molecule has 0 fully saturated rings. The molecule has 5 heteroatoms. The Hall–Kier alpha value is -2.95. The topological polar surface area (TPSA) is 73.8 Å². The van der Waals surface area contributed by atoms with E-state index in [1.165, 1.54) is 5.57 Å². The van der Waals surface area contributed by atoms with Gasteiger partial charge in [-0.1, -0.05) is 17.7 Å². The fourth-order valence-electron chi connectivity index (χ4n) is 2.64. The number of fused-ring (bicyclic) bond motifs is 1. The van der Waals surface area contributed by atoms with Crippen molar-refractivity contribution >= 4 is 16.9 Å². The molecule has 0 saturated heterocycles. The van der Waals surface area contributed by atoms with Crippen molar-refractivity contribution in [2.24, 2.45) is 0 Å². The molecule has 0 amide bonds. The molecule has 0 saturated carbocycles. The molecule has 0 spiro atoms. The summed E-state index contributed by atoms with van der Waals surface area (Å²) in [5.74, 6) is 0.246. The molecule has 3 aromatic rings. The molecule has 0 bridgehead atoms. The first kappa shape index (κ1) is 15.9. The maximum absolute atomic E-state index is 12.9. The summed E-state index contributed by atoms with van der Waals surface area (Å²) < 4.78 is 1.72. The van der Waals surface area contributed by atoms with Gasteiger partial charge in [0.1, 0.15) is 0 Å². The molecule has 0 unspecified atom stereocenters. The Kier molecular flexibility index (Phi) is 4.16. The van der Waals surface area contributed by atoms with Crippen LogP contribution in [-0.2, 0) is 6.54 Å². The van der Waals surface area contributed by atoms with Crippen LogP contribution in [0.25, 0.3) is 22.0 Å². The highest BCUT2D eigenvalue weighted by molar-refractivity contribution is 5.84. The molecular formula is C19H20N4O. The number of pyridine rings is 1. The van der Waals surface area contributed by atoms with Crippen LogP contribution in [-0.4, -0.2) is 14.5 Å². The number of nitrogens with two attached hydrogens (primary N) is 1. The normalized spacial score (nSPS) is 10.8. The van der Waals surface area contributed by atoms with Crippen LogP contribution < -0.4 is 11.3 Å². The molecule has 24 heavy (non-hydrogen) atoms. The van der Waals surface area contributed by atoms with Crippen LogP contribution in [0.5, 0.6) is 0 Å². The molecule has 0 radical (unpaired) electrons. The van der Waals surface area contributed by atoms with E-state index in [0.29, 0.717) is 12.1 Å². The number of rotatable bonds is 3. The molecule has 2 N–H and O–H groups in total. The predicted octanol–water partition coefficient (Wildman–Crippen LogP) is 3.32. The van der Waals surface area contributed by atoms with Gasteiger partial charge in [0.15, 0.2) is 0 Å². The second kappa shape index (κ2) is 6.28. The molecule has 0 aliphatic rings. The lowest BCUT2D eigenvalue weighted by molar-refractivity contribution is 0.774. The van der Waals surface area contributed by atoms with E-state index in [-0.39, 0.29) is 11.5 Å². The maximum Gasteiger partial charge on any atom is 0.258 e. The number of benzene rings is 1. The van der Waals surface area contributed by atoms with E-state index in [1.807, 2.05) is 57.3 Å². The zero-order chi connectivity index (χ0) is 17.3. The number of hydrogen-bond donors (Lipinski definition) is 1. The molecule has 122 valence electrons. The maximum atomic E-state index is 12.9. The minimum absolute atomic E-state index is 0.00298. The third-order valence-electron chi connectivity index (χ3n) is 3.96. The van der Waals surface area contributed by atoms with Gasteiger partial charge in [0.2, 0.25) is 5.95 Å². The zero-order valence-corrected chi connectivity index (χ0v) is 14.1. The van der Waals surface area contributed by atoms with Crippen LogP contribution in [0.1, 0.15) is 19.4 Å². The molecule has 0 atom stereocenters. The Bertz CT molecular complexity index is 998. The average molecular weight is 320 g/mol. The zero-order valence-electron chi connectivity index (χ0n) is 14.1. The van der Waals surface area contributed by atoms with Crippen molar-refractivity contribution in [3.63, 3.8) is 0 Å². The lowest BCUT2D eigenvalue weighted by atomic mass is 10.0. The largest absolute Gasteiger partial charge is 0.368 e. The molecule has 2 aromatic heterocycles. The fraction of sp³-hybridized carbons (Fsp3) is 0.211. The number of allylic oxidation sites excluding steroid dienone is 2. The standard InChI is InChI=1S/C19H20N4O/c1-12(2)6-8-23-9-7-13(3)17(18(23)24)14-4-5-16-15(10-14)11-21-19(20)22-16/h4-7,9-11H,8H2,1-3H3,(H2,20,21,22). The smallest absolute Gasteiger partial charge is 0.258 e. The molecule has 2 heterocycles. The molecule has 1 aromatic carbocycles. The van der Waals surface area contributed by atoms with Crippen LogP contribution in [0.15, 0.2) is 53.1 Å². The van der Waals surface area contributed by atoms with Gasteiger partial charge in [0.25, 0.3) is 5.56 Å². The van der Waals surface area contributed by atoms with E-state index < -0.39 is 0 Å². The third-order valence-corrected chi connectivity index (χ3v) is 3.96. The quantitative estimate of drug-likeness (QED) is 0.751. The van der Waals surface area contributed by atoms with Crippen LogP contribution in [0, 0.1) is 6.92 Å². The summed E-state index contributed by atoms with van der Waals surface area (Å²) in [5, 5.41) is 0.861. The van der Waals surface area contributed by atoms with Gasteiger partial charge < -0.3 is 10.3 Å². The highest BCUT2D eigenvalue weighted by atomic mass is 16.1. The Balaban J connectivity index is 2.15. The number of anilines is 1. The highest BCUT2D eigenvalue weighted by Crippen LogP contribution is 2.23. The number of aromatic nitrogens is 3. The van der Waals surface area contributed by atoms with E-state index in [2.05, 4.69) is 9.97 Å². The Morgan fingerprint density at radius 1 is 1.29 bits per heavy atom. The second-order valence-corrected chi connectivity index (χ2v) is 6.11. The van der Waals surface area contributed by atoms with E-state index in [1.54, 1.807) is 10.8 Å². The van der Waals surface area contributed by atoms with Gasteiger partial charge in [-0.05, 0) is 50.1 Å². The predicted molar refractivity (Wildman–Crippen MR) is 97.8 cm³/mol. The van der Waals surface area contributed by atoms with Crippen molar-refractivity contribution in [1.29, 1.82) is 0 Å². The molecule has 0 aliphatic carbocycles. The fourth-order valence-corrected chi connectivity index (χ4v) is 2.64. The van der Waals surface area contributed by atoms with Crippen molar-refractivity contribution in [1.82, 2.24) is 14.5 Å². The number of hydrogen-bond acceptors (Lipinski definition) is 4. The summed E-state index contributed by atoms with van der Waals surface area (Å²) in [7, 11) is 0. The molecule has 5 nitrogen and oxygen atoms in total. The third kappa shape index (κ3) is 3.06. The first-order valence-electron chi connectivity index (χ1n) is 7.82. The Morgan fingerprint density at radius 2 is 2.08 bits per heavy atom. The van der Waals surface area contributed by atoms with Crippen LogP contribution in [0.4, 0.5) is 5.95 Å². The summed E-state index contributed by atoms with van der Waals surface area (Å²) in [5.41, 5.74) is 10.1. The van der Waals surface area contributed by atoms with Gasteiger partial charge in [-0.15, -0.1) is 0 Å². The Labute approximate surface area is 140 Å². The van der Waals surface area contributed by atoms with Crippen molar-refractivity contribution in [3.8, 4) is 11.1 Å². The lowest BCUT2D eigenvalue weighted by Gasteiger charge is -2.10. The summed E-state index contributed by atoms with van der Waals surface area (Å²) in [6, 6.07) is 7.68. The van der Waals surface area contributed by atoms with E-state index in [0.717, 1.165) is 22.0 Å². The SMILES string of the molecule is CC(C)=CCn1ccc(C)c(-c2ccc3nc(N)ncc3c2)c1=O. The highest BCUT2D eigenvalue weighted by Gasteiger charge is 2.10. The van der Waals surface area contributed by atoms with Crippen molar-refractivity contribution in [3.05, 3.63) is 64.2 Å². The van der Waals surface area contributed by atoms with Crippen molar-refractivity contribution in [2.75, 3.05) is 5.73 Å². The first-order valence-corrected chi connectivity index (χ1v) is 7.82. The van der Waals surface area contributed by atoms with Gasteiger partial charge >= 0.3 is 0 Å². The summed E-state index contributed by atoms with van der Waals surface area (Å²) >= 11 is 0. The van der Waals surface area contributed by atoms with Gasteiger partial charge in [-0.25, -0.2) is 9.97 Å². The molecule has 3 rings (SSSR count). The molecule has 0 aliphatic heterocycles. The van der Waals surface area contributed by atoms with E-state index in [4.69, 9.17) is 5.73 Å². The summed E-state index contributed by atoms with van der Waals surface area (Å²) in [4.78, 5) is 21.1. The molecular weight excluding hydrogens is 300 g/mol. The van der Waals surface area contributed by atoms with Crippen LogP contribution >= 0.6 is 0 Å². The summed E-state index contributed by atoms with van der Waals surface area (Å²) in [6.07, 6.45) is 5.56. The average Bonchev–Trinajstić information content (AvgIpc) is 2.54. The number of aryl methyl sites for hydroxylation is 1.